The summed E-state index contributed by atoms with van der Waals surface area (Å²) in [6.45, 7) is 2.08. The lowest BCUT2D eigenvalue weighted by atomic mass is 9.76. The molecule has 5 nitrogen and oxygen atoms in total. The molecular formula is C23H17Cl2NO4. The van der Waals surface area contributed by atoms with Crippen LogP contribution >= 0.6 is 23.2 Å². The molecule has 152 valence electrons. The first-order valence-corrected chi connectivity index (χ1v) is 10.3. The Balaban J connectivity index is 1.84. The standard InChI is InChI=1S/C23H17Cl2NO4/c1-23(29-8-4-7-26)21(27)12-9-14(24)18-11-5-2-3-6-16(11)30-20-15(25)10-13(22(23)28)17(12)19(18)20/h2-3,5-6,9-10H,4,7-8,26H2,1H3. The van der Waals surface area contributed by atoms with Gasteiger partial charge in [0.2, 0.25) is 11.6 Å². The van der Waals surface area contributed by atoms with E-state index in [1.54, 1.807) is 12.1 Å². The van der Waals surface area contributed by atoms with Crippen molar-refractivity contribution >= 4 is 45.5 Å². The Morgan fingerprint density at radius 1 is 1.00 bits per heavy atom. The van der Waals surface area contributed by atoms with Gasteiger partial charge in [-0.25, -0.2) is 0 Å². The van der Waals surface area contributed by atoms with E-state index in [1.807, 2.05) is 24.3 Å². The van der Waals surface area contributed by atoms with Crippen LogP contribution in [0, 0.1) is 0 Å². The van der Waals surface area contributed by atoms with Crippen LogP contribution in [0.1, 0.15) is 34.1 Å². The van der Waals surface area contributed by atoms with Crippen LogP contribution in [-0.4, -0.2) is 30.3 Å². The number of hydrogen-bond acceptors (Lipinski definition) is 5. The Morgan fingerprint density at radius 3 is 2.37 bits per heavy atom. The largest absolute Gasteiger partial charge is 0.454 e. The van der Waals surface area contributed by atoms with Gasteiger partial charge in [0, 0.05) is 39.6 Å². The Kier molecular flexibility index (Phi) is 4.42. The van der Waals surface area contributed by atoms with Gasteiger partial charge in [-0.05, 0) is 38.1 Å². The number of ketones is 2. The zero-order valence-corrected chi connectivity index (χ0v) is 17.6. The highest BCUT2D eigenvalue weighted by Gasteiger charge is 2.49. The van der Waals surface area contributed by atoms with Crippen LogP contribution in [0.5, 0.6) is 11.5 Å². The number of nitrogens with two attached hydrogens (primary N) is 1. The minimum Gasteiger partial charge on any atom is -0.454 e. The van der Waals surface area contributed by atoms with E-state index in [0.29, 0.717) is 57.0 Å². The summed E-state index contributed by atoms with van der Waals surface area (Å²) >= 11 is 13.2. The summed E-state index contributed by atoms with van der Waals surface area (Å²) in [5.41, 5.74) is 6.00. The lowest BCUT2D eigenvalue weighted by Gasteiger charge is -2.34. The van der Waals surface area contributed by atoms with E-state index >= 15 is 0 Å². The summed E-state index contributed by atoms with van der Waals surface area (Å²) in [4.78, 5) is 26.9. The van der Waals surface area contributed by atoms with Crippen LogP contribution in [0.3, 0.4) is 0 Å². The van der Waals surface area contributed by atoms with E-state index in [1.165, 1.54) is 6.92 Å². The smallest absolute Gasteiger partial charge is 0.203 e. The second-order valence-electron chi connectivity index (χ2n) is 7.55. The fourth-order valence-corrected chi connectivity index (χ4v) is 4.79. The number of halogens is 2. The topological polar surface area (TPSA) is 78.6 Å². The number of fused-ring (bicyclic) bond motifs is 2. The van der Waals surface area contributed by atoms with E-state index in [-0.39, 0.29) is 11.6 Å². The number of benzene rings is 3. The number of ether oxygens (including phenoxy) is 2. The quantitative estimate of drug-likeness (QED) is 0.337. The molecule has 30 heavy (non-hydrogen) atoms. The van der Waals surface area contributed by atoms with Gasteiger partial charge in [0.05, 0.1) is 10.0 Å². The van der Waals surface area contributed by atoms with Gasteiger partial charge in [-0.1, -0.05) is 41.4 Å². The predicted octanol–water partition coefficient (Wildman–Crippen LogP) is 5.42. The van der Waals surface area contributed by atoms with Crippen molar-refractivity contribution in [2.24, 2.45) is 5.73 Å². The van der Waals surface area contributed by atoms with Gasteiger partial charge >= 0.3 is 0 Å². The molecule has 0 fully saturated rings. The minimum absolute atomic E-state index is 0.192. The molecule has 3 aromatic carbocycles. The molecular weight excluding hydrogens is 425 g/mol. The maximum atomic E-state index is 13.4. The molecule has 0 radical (unpaired) electrons. The second-order valence-corrected chi connectivity index (χ2v) is 8.36. The number of hydrogen-bond donors (Lipinski definition) is 1. The zero-order valence-electron chi connectivity index (χ0n) is 16.1. The highest BCUT2D eigenvalue weighted by molar-refractivity contribution is 6.43. The van der Waals surface area contributed by atoms with E-state index in [0.717, 1.165) is 5.56 Å². The molecule has 0 saturated carbocycles. The van der Waals surface area contributed by atoms with E-state index < -0.39 is 17.2 Å². The molecule has 5 rings (SSSR count). The highest BCUT2D eigenvalue weighted by Crippen LogP contribution is 2.55. The summed E-state index contributed by atoms with van der Waals surface area (Å²) in [6, 6.07) is 10.6. The number of Topliss-reactive ketones (excluding diaryl/α,β-unsaturated/α-hetero) is 2. The van der Waals surface area contributed by atoms with Gasteiger partial charge < -0.3 is 15.2 Å². The highest BCUT2D eigenvalue weighted by atomic mass is 35.5. The number of carbonyl (C=O) groups excluding carboxylic acids is 2. The van der Waals surface area contributed by atoms with Gasteiger partial charge in [-0.3, -0.25) is 9.59 Å². The van der Waals surface area contributed by atoms with Crippen LogP contribution < -0.4 is 10.5 Å². The summed E-state index contributed by atoms with van der Waals surface area (Å²) in [6.07, 6.45) is 0.530. The number of para-hydroxylation sites is 1. The third-order valence-corrected chi connectivity index (χ3v) is 6.31. The molecule has 2 N–H and O–H groups in total. The zero-order chi connectivity index (χ0) is 21.2. The third-order valence-electron chi connectivity index (χ3n) is 5.73. The van der Waals surface area contributed by atoms with Crippen molar-refractivity contribution in [3.63, 3.8) is 0 Å². The maximum absolute atomic E-state index is 13.4. The Hall–Kier alpha value is -2.44. The van der Waals surface area contributed by atoms with Crippen LogP contribution in [0.2, 0.25) is 10.0 Å². The first-order chi connectivity index (χ1) is 14.4. The number of rotatable bonds is 4. The van der Waals surface area contributed by atoms with Crippen molar-refractivity contribution in [1.29, 1.82) is 0 Å². The second kappa shape index (κ2) is 6.79. The average molecular weight is 442 g/mol. The Bertz CT molecular complexity index is 1250. The van der Waals surface area contributed by atoms with Gasteiger partial charge in [0.25, 0.3) is 0 Å². The van der Waals surface area contributed by atoms with E-state index in [9.17, 15) is 9.59 Å². The van der Waals surface area contributed by atoms with Crippen LogP contribution in [0.4, 0.5) is 0 Å². The van der Waals surface area contributed by atoms with Gasteiger partial charge in [0.1, 0.15) is 5.75 Å². The average Bonchev–Trinajstić information content (AvgIpc) is 2.74. The number of carbonyl (C=O) groups is 2. The molecule has 1 unspecified atom stereocenters. The third kappa shape index (κ3) is 2.50. The molecule has 7 heteroatoms. The van der Waals surface area contributed by atoms with Gasteiger partial charge in [0.15, 0.2) is 11.4 Å². The molecule has 1 aliphatic heterocycles. The first kappa shape index (κ1) is 19.5. The molecule has 0 bridgehead atoms. The van der Waals surface area contributed by atoms with Crippen molar-refractivity contribution in [3.05, 3.63) is 57.6 Å². The van der Waals surface area contributed by atoms with Crippen molar-refractivity contribution < 1.29 is 19.1 Å². The van der Waals surface area contributed by atoms with Crippen molar-refractivity contribution in [2.75, 3.05) is 13.2 Å². The monoisotopic (exact) mass is 441 g/mol. The minimum atomic E-state index is -1.66. The predicted molar refractivity (Wildman–Crippen MR) is 116 cm³/mol. The molecule has 1 atom stereocenters. The maximum Gasteiger partial charge on any atom is 0.203 e. The van der Waals surface area contributed by atoms with Crippen molar-refractivity contribution in [3.8, 4) is 22.6 Å². The molecule has 3 aromatic rings. The van der Waals surface area contributed by atoms with Crippen molar-refractivity contribution in [2.45, 2.75) is 18.9 Å². The Morgan fingerprint density at radius 2 is 1.67 bits per heavy atom. The summed E-state index contributed by atoms with van der Waals surface area (Å²) in [7, 11) is 0. The van der Waals surface area contributed by atoms with E-state index in [4.69, 9.17) is 38.4 Å². The molecule has 1 heterocycles. The van der Waals surface area contributed by atoms with Gasteiger partial charge in [-0.2, -0.15) is 0 Å². The molecule has 0 spiro atoms. The molecule has 1 aliphatic carbocycles. The fraction of sp³-hybridized carbons (Fsp3) is 0.217. The molecule has 0 amide bonds. The normalized spacial score (nSPS) is 19.1. The lowest BCUT2D eigenvalue weighted by molar-refractivity contribution is -0.00564. The van der Waals surface area contributed by atoms with Crippen LogP contribution in [-0.2, 0) is 4.74 Å². The fourth-order valence-electron chi connectivity index (χ4n) is 4.24. The van der Waals surface area contributed by atoms with E-state index in [2.05, 4.69) is 0 Å². The molecule has 0 saturated heterocycles. The molecule has 0 aromatic heterocycles. The lowest BCUT2D eigenvalue weighted by Crippen LogP contribution is -2.49. The van der Waals surface area contributed by atoms with Crippen LogP contribution in [0.25, 0.3) is 21.9 Å². The van der Waals surface area contributed by atoms with Crippen molar-refractivity contribution in [1.82, 2.24) is 0 Å². The van der Waals surface area contributed by atoms with Gasteiger partial charge in [-0.15, -0.1) is 0 Å². The summed E-state index contributed by atoms with van der Waals surface area (Å²) in [5, 5.41) is 1.73. The summed E-state index contributed by atoms with van der Waals surface area (Å²) < 4.78 is 11.8. The molecule has 2 aliphatic rings. The first-order valence-electron chi connectivity index (χ1n) is 9.58. The Labute approximate surface area is 182 Å². The summed E-state index contributed by atoms with van der Waals surface area (Å²) in [5.74, 6) is 0.136. The SMILES string of the molecule is CC1(OCCCN)C(=O)c2cc(Cl)c3c4c(c(Cl)cc(c24)C1=O)-c1ccccc1O3. The van der Waals surface area contributed by atoms with Crippen LogP contribution in [0.15, 0.2) is 36.4 Å².